The lowest BCUT2D eigenvalue weighted by atomic mass is 9.91. The molecule has 112 valence electrons. The van der Waals surface area contributed by atoms with E-state index in [1.165, 1.54) is 17.8 Å². The number of nitrogens with zero attached hydrogens (tertiary/aromatic N) is 1. The first kappa shape index (κ1) is 15.4. The highest BCUT2D eigenvalue weighted by molar-refractivity contribution is 7.16. The van der Waals surface area contributed by atoms with Gasteiger partial charge in [-0.05, 0) is 59.6 Å². The summed E-state index contributed by atoms with van der Waals surface area (Å²) in [6.07, 6.45) is 2.53. The summed E-state index contributed by atoms with van der Waals surface area (Å²) in [5.74, 6) is -0.153. The maximum Gasteiger partial charge on any atom is 0.317 e. The fraction of sp³-hybridized carbons (Fsp3) is 0.688. The van der Waals surface area contributed by atoms with Gasteiger partial charge in [0.1, 0.15) is 5.60 Å². The molecule has 0 amide bonds. The zero-order chi connectivity index (χ0) is 15.0. The van der Waals surface area contributed by atoms with Gasteiger partial charge in [-0.3, -0.25) is 4.79 Å². The van der Waals surface area contributed by atoms with Crippen LogP contribution in [0.25, 0.3) is 0 Å². The summed E-state index contributed by atoms with van der Waals surface area (Å²) in [6.45, 7) is 11.9. The number of hydrogen-bond donors (Lipinski definition) is 0. The van der Waals surface area contributed by atoms with Crippen LogP contribution >= 0.6 is 11.3 Å². The molecule has 0 radical (unpaired) electrons. The van der Waals surface area contributed by atoms with E-state index in [1.807, 2.05) is 34.6 Å². The van der Waals surface area contributed by atoms with E-state index in [1.54, 1.807) is 11.3 Å². The van der Waals surface area contributed by atoms with Gasteiger partial charge in [0.05, 0.1) is 10.4 Å². The second-order valence-electron chi connectivity index (χ2n) is 6.96. The second kappa shape index (κ2) is 5.40. The Morgan fingerprint density at radius 2 is 1.75 bits per heavy atom. The van der Waals surface area contributed by atoms with Crippen molar-refractivity contribution in [3.63, 3.8) is 0 Å². The molecule has 0 saturated carbocycles. The van der Waals surface area contributed by atoms with E-state index in [2.05, 4.69) is 17.0 Å². The van der Waals surface area contributed by atoms with Crippen molar-refractivity contribution < 1.29 is 9.53 Å². The molecule has 2 rings (SSSR count). The highest BCUT2D eigenvalue weighted by atomic mass is 32.1. The molecule has 0 spiro atoms. The van der Waals surface area contributed by atoms with Crippen molar-refractivity contribution in [1.82, 2.24) is 0 Å². The number of esters is 1. The summed E-state index contributed by atoms with van der Waals surface area (Å²) in [6, 6.07) is 4.21. The topological polar surface area (TPSA) is 29.5 Å². The smallest absolute Gasteiger partial charge is 0.317 e. The molecule has 1 aromatic heterocycles. The Balaban J connectivity index is 2.14. The van der Waals surface area contributed by atoms with Crippen LogP contribution in [0.5, 0.6) is 0 Å². The molecule has 1 saturated heterocycles. The predicted molar refractivity (Wildman–Crippen MR) is 84.6 cm³/mol. The number of ether oxygens (including phenoxy) is 1. The van der Waals surface area contributed by atoms with E-state index in [4.69, 9.17) is 4.74 Å². The lowest BCUT2D eigenvalue weighted by Gasteiger charge is -2.27. The molecule has 0 aromatic carbocycles. The Hall–Kier alpha value is -1.03. The van der Waals surface area contributed by atoms with Gasteiger partial charge in [0.2, 0.25) is 0 Å². The van der Waals surface area contributed by atoms with Crippen LogP contribution in [-0.4, -0.2) is 24.7 Å². The number of anilines is 1. The van der Waals surface area contributed by atoms with Crippen molar-refractivity contribution in [3.8, 4) is 0 Å². The van der Waals surface area contributed by atoms with Crippen molar-refractivity contribution in [2.24, 2.45) is 0 Å². The van der Waals surface area contributed by atoms with Gasteiger partial charge >= 0.3 is 5.97 Å². The summed E-state index contributed by atoms with van der Waals surface area (Å²) >= 11 is 1.72. The van der Waals surface area contributed by atoms with Gasteiger partial charge in [-0.1, -0.05) is 0 Å². The Morgan fingerprint density at radius 1 is 1.15 bits per heavy atom. The molecule has 0 atom stereocenters. The van der Waals surface area contributed by atoms with Crippen LogP contribution in [0.15, 0.2) is 12.1 Å². The molecule has 1 fully saturated rings. The molecule has 0 N–H and O–H groups in total. The SMILES string of the molecule is CC(C)(C)OC(=O)C(C)(C)c1ccc(N2CCCC2)s1. The van der Waals surface area contributed by atoms with Crippen LogP contribution in [0.4, 0.5) is 5.00 Å². The molecule has 1 aliphatic rings. The molecule has 0 bridgehead atoms. The molecule has 2 heterocycles. The molecule has 1 aliphatic heterocycles. The lowest BCUT2D eigenvalue weighted by Crippen LogP contribution is -2.36. The molecule has 1 aromatic rings. The third kappa shape index (κ3) is 3.35. The zero-order valence-electron chi connectivity index (χ0n) is 13.2. The fourth-order valence-electron chi connectivity index (χ4n) is 2.28. The quantitative estimate of drug-likeness (QED) is 0.790. The first-order valence-electron chi connectivity index (χ1n) is 7.29. The molecule has 20 heavy (non-hydrogen) atoms. The van der Waals surface area contributed by atoms with Gasteiger partial charge in [-0.15, -0.1) is 11.3 Å². The van der Waals surface area contributed by atoms with Crippen LogP contribution in [0.1, 0.15) is 52.3 Å². The number of thiophene rings is 1. The molecule has 0 aliphatic carbocycles. The lowest BCUT2D eigenvalue weighted by molar-refractivity contribution is -0.160. The van der Waals surface area contributed by atoms with Gasteiger partial charge in [0.25, 0.3) is 0 Å². The van der Waals surface area contributed by atoms with Gasteiger partial charge in [0, 0.05) is 18.0 Å². The number of carbonyl (C=O) groups is 1. The standard InChI is InChI=1S/C16H25NO2S/c1-15(2,3)19-14(18)16(4,5)12-8-9-13(20-12)17-10-6-7-11-17/h8-9H,6-7,10-11H2,1-5H3. The number of hydrogen-bond acceptors (Lipinski definition) is 4. The van der Waals surface area contributed by atoms with E-state index in [0.29, 0.717) is 0 Å². The third-order valence-corrected chi connectivity index (χ3v) is 5.00. The Labute approximate surface area is 125 Å². The van der Waals surface area contributed by atoms with E-state index in [-0.39, 0.29) is 5.97 Å². The number of carbonyl (C=O) groups excluding carboxylic acids is 1. The monoisotopic (exact) mass is 295 g/mol. The molecular formula is C16H25NO2S. The summed E-state index contributed by atoms with van der Waals surface area (Å²) in [5.41, 5.74) is -1.03. The van der Waals surface area contributed by atoms with Crippen LogP contribution < -0.4 is 4.90 Å². The van der Waals surface area contributed by atoms with Gasteiger partial charge in [-0.2, -0.15) is 0 Å². The highest BCUT2D eigenvalue weighted by Gasteiger charge is 2.36. The summed E-state index contributed by atoms with van der Waals surface area (Å²) in [4.78, 5) is 15.9. The number of rotatable bonds is 3. The maximum atomic E-state index is 12.4. The van der Waals surface area contributed by atoms with E-state index in [0.717, 1.165) is 18.0 Å². The van der Waals surface area contributed by atoms with Crippen molar-refractivity contribution in [2.45, 2.75) is 58.5 Å². The van der Waals surface area contributed by atoms with E-state index < -0.39 is 11.0 Å². The van der Waals surface area contributed by atoms with Crippen molar-refractivity contribution >= 4 is 22.3 Å². The minimum Gasteiger partial charge on any atom is -0.459 e. The molecular weight excluding hydrogens is 270 g/mol. The predicted octanol–water partition coefficient (Wildman–Crippen LogP) is 3.97. The minimum atomic E-state index is -0.587. The van der Waals surface area contributed by atoms with Crippen LogP contribution in [0.2, 0.25) is 0 Å². The molecule has 0 unspecified atom stereocenters. The van der Waals surface area contributed by atoms with E-state index in [9.17, 15) is 4.79 Å². The Morgan fingerprint density at radius 3 is 2.30 bits per heavy atom. The van der Waals surface area contributed by atoms with Gasteiger partial charge in [0.15, 0.2) is 0 Å². The third-order valence-electron chi connectivity index (χ3n) is 3.53. The summed E-state index contributed by atoms with van der Waals surface area (Å²) < 4.78 is 5.55. The Kier molecular flexibility index (Phi) is 4.14. The maximum absolute atomic E-state index is 12.4. The molecule has 3 nitrogen and oxygen atoms in total. The average molecular weight is 295 g/mol. The summed E-state index contributed by atoms with van der Waals surface area (Å²) in [7, 11) is 0. The molecule has 4 heteroatoms. The fourth-order valence-corrected chi connectivity index (χ4v) is 3.42. The second-order valence-corrected chi connectivity index (χ2v) is 8.02. The normalized spacial score (nSPS) is 16.6. The first-order valence-corrected chi connectivity index (χ1v) is 8.10. The average Bonchev–Trinajstić information content (AvgIpc) is 2.97. The van der Waals surface area contributed by atoms with Gasteiger partial charge in [-0.25, -0.2) is 0 Å². The highest BCUT2D eigenvalue weighted by Crippen LogP contribution is 2.37. The van der Waals surface area contributed by atoms with Crippen molar-refractivity contribution in [1.29, 1.82) is 0 Å². The van der Waals surface area contributed by atoms with Gasteiger partial charge < -0.3 is 9.64 Å². The largest absolute Gasteiger partial charge is 0.459 e. The first-order chi connectivity index (χ1) is 9.20. The van der Waals surface area contributed by atoms with Crippen LogP contribution in [0.3, 0.4) is 0 Å². The van der Waals surface area contributed by atoms with E-state index >= 15 is 0 Å². The van der Waals surface area contributed by atoms with Crippen LogP contribution in [-0.2, 0) is 14.9 Å². The zero-order valence-corrected chi connectivity index (χ0v) is 14.0. The van der Waals surface area contributed by atoms with Crippen molar-refractivity contribution in [2.75, 3.05) is 18.0 Å². The van der Waals surface area contributed by atoms with Crippen LogP contribution in [0, 0.1) is 0 Å². The van der Waals surface area contributed by atoms with Crippen molar-refractivity contribution in [3.05, 3.63) is 17.0 Å². The summed E-state index contributed by atoms with van der Waals surface area (Å²) in [5, 5.41) is 1.27. The Bertz CT molecular complexity index is 479. The minimum absolute atomic E-state index is 0.153.